The van der Waals surface area contributed by atoms with Gasteiger partial charge in [0.2, 0.25) is 0 Å². The van der Waals surface area contributed by atoms with Gasteiger partial charge in [0.05, 0.1) is 5.02 Å². The number of benzene rings is 1. The Morgan fingerprint density at radius 2 is 1.87 bits per heavy atom. The van der Waals surface area contributed by atoms with Crippen molar-refractivity contribution in [3.63, 3.8) is 0 Å². The number of furan rings is 1. The van der Waals surface area contributed by atoms with Gasteiger partial charge in [-0.2, -0.15) is 0 Å². The fourth-order valence-corrected chi connectivity index (χ4v) is 1.45. The van der Waals surface area contributed by atoms with E-state index >= 15 is 0 Å². The van der Waals surface area contributed by atoms with Crippen LogP contribution in [0.4, 0.5) is 0 Å². The molecule has 0 radical (unpaired) electrons. The Kier molecular flexibility index (Phi) is 3.69. The number of halogens is 1. The molecule has 0 amide bonds. The van der Waals surface area contributed by atoms with Crippen LogP contribution in [0.25, 0.3) is 11.3 Å². The third-order valence-electron chi connectivity index (χ3n) is 1.88. The molecule has 2 aromatic rings. The van der Waals surface area contributed by atoms with Crippen molar-refractivity contribution in [2.75, 3.05) is 0 Å². The Morgan fingerprint density at radius 3 is 2.47 bits per heavy atom. The van der Waals surface area contributed by atoms with Gasteiger partial charge >= 0.3 is 0 Å². The van der Waals surface area contributed by atoms with Crippen LogP contribution in [0.15, 0.2) is 40.8 Å². The third-order valence-corrected chi connectivity index (χ3v) is 2.21. The van der Waals surface area contributed by atoms with Crippen LogP contribution >= 0.6 is 11.6 Å². The first kappa shape index (κ1) is 11.5. The topological polar surface area (TPSA) is 30.2 Å². The van der Waals surface area contributed by atoms with Crippen LogP contribution in [0.3, 0.4) is 0 Å². The molecular formula is C12H11ClO2. The lowest BCUT2D eigenvalue weighted by molar-refractivity contribution is 0.110. The highest BCUT2D eigenvalue weighted by atomic mass is 35.5. The summed E-state index contributed by atoms with van der Waals surface area (Å²) in [6, 6.07) is 10.7. The summed E-state index contributed by atoms with van der Waals surface area (Å²) in [5, 5.41) is 0.610. The van der Waals surface area contributed by atoms with E-state index in [1.165, 1.54) is 0 Å². The van der Waals surface area contributed by atoms with Crippen molar-refractivity contribution in [3.05, 3.63) is 47.2 Å². The minimum atomic E-state index is 0. The third kappa shape index (κ3) is 2.28. The van der Waals surface area contributed by atoms with E-state index in [0.717, 1.165) is 5.56 Å². The van der Waals surface area contributed by atoms with E-state index in [-0.39, 0.29) is 7.43 Å². The summed E-state index contributed by atoms with van der Waals surface area (Å²) in [6.07, 6.45) is 0.667. The summed E-state index contributed by atoms with van der Waals surface area (Å²) in [5.41, 5.74) is 0.794. The number of carbonyl (C=O) groups is 1. The average Bonchev–Trinajstić information content (AvgIpc) is 2.67. The summed E-state index contributed by atoms with van der Waals surface area (Å²) < 4.78 is 5.25. The summed E-state index contributed by atoms with van der Waals surface area (Å²) in [5.74, 6) is 0.914. The lowest BCUT2D eigenvalue weighted by Crippen LogP contribution is -1.75. The smallest absolute Gasteiger partial charge is 0.185 e. The molecule has 78 valence electrons. The molecule has 0 spiro atoms. The molecular weight excluding hydrogens is 212 g/mol. The van der Waals surface area contributed by atoms with Gasteiger partial charge in [0.25, 0.3) is 0 Å². The molecule has 1 aromatic heterocycles. The zero-order chi connectivity index (χ0) is 9.97. The molecule has 15 heavy (non-hydrogen) atoms. The second kappa shape index (κ2) is 4.80. The van der Waals surface area contributed by atoms with Gasteiger partial charge in [0.1, 0.15) is 5.76 Å². The minimum Gasteiger partial charge on any atom is -0.453 e. The Morgan fingerprint density at radius 1 is 1.13 bits per heavy atom. The number of rotatable bonds is 2. The molecule has 0 atom stereocenters. The highest BCUT2D eigenvalue weighted by Crippen LogP contribution is 2.28. The molecule has 0 aliphatic rings. The van der Waals surface area contributed by atoms with Gasteiger partial charge in [-0.25, -0.2) is 0 Å². The summed E-state index contributed by atoms with van der Waals surface area (Å²) >= 11 is 5.96. The van der Waals surface area contributed by atoms with Crippen LogP contribution in [0.1, 0.15) is 18.0 Å². The summed E-state index contributed by atoms with van der Waals surface area (Å²) in [4.78, 5) is 10.4. The first-order valence-corrected chi connectivity index (χ1v) is 4.49. The molecule has 3 heteroatoms. The van der Waals surface area contributed by atoms with Crippen molar-refractivity contribution in [2.45, 2.75) is 7.43 Å². The first-order chi connectivity index (χ1) is 6.81. The highest BCUT2D eigenvalue weighted by molar-refractivity contribution is 6.33. The zero-order valence-electron chi connectivity index (χ0n) is 7.24. The first-order valence-electron chi connectivity index (χ1n) is 4.11. The standard InChI is InChI=1S/C11H7ClO2.CH4/c12-10-4-2-1-3-9(10)11-6-5-8(7-13)14-11;/h1-7H;1H4. The number of aldehydes is 1. The number of hydrogen-bond acceptors (Lipinski definition) is 2. The van der Waals surface area contributed by atoms with Crippen LogP contribution in [0.5, 0.6) is 0 Å². The molecule has 1 aromatic carbocycles. The normalized spacial score (nSPS) is 9.40. The maximum Gasteiger partial charge on any atom is 0.185 e. The molecule has 2 nitrogen and oxygen atoms in total. The minimum absolute atomic E-state index is 0. The molecule has 0 fully saturated rings. The zero-order valence-corrected chi connectivity index (χ0v) is 7.99. The van der Waals surface area contributed by atoms with Crippen molar-refractivity contribution in [1.82, 2.24) is 0 Å². The summed E-state index contributed by atoms with van der Waals surface area (Å²) in [7, 11) is 0. The van der Waals surface area contributed by atoms with Crippen LogP contribution in [0.2, 0.25) is 5.02 Å². The lowest BCUT2D eigenvalue weighted by Gasteiger charge is -1.98. The molecule has 1 heterocycles. The SMILES string of the molecule is C.O=Cc1ccc(-c2ccccc2Cl)o1. The van der Waals surface area contributed by atoms with E-state index in [0.29, 0.717) is 22.8 Å². The Hall–Kier alpha value is -1.54. The Bertz CT molecular complexity index is 460. The van der Waals surface area contributed by atoms with Gasteiger partial charge in [-0.15, -0.1) is 0 Å². The van der Waals surface area contributed by atoms with E-state index in [1.807, 2.05) is 18.2 Å². The fourth-order valence-electron chi connectivity index (χ4n) is 1.22. The van der Waals surface area contributed by atoms with Crippen molar-refractivity contribution in [1.29, 1.82) is 0 Å². The van der Waals surface area contributed by atoms with E-state index < -0.39 is 0 Å². The van der Waals surface area contributed by atoms with E-state index in [4.69, 9.17) is 16.0 Å². The van der Waals surface area contributed by atoms with Crippen LogP contribution in [-0.2, 0) is 0 Å². The predicted molar refractivity (Wildman–Crippen MR) is 61.3 cm³/mol. The van der Waals surface area contributed by atoms with Gasteiger partial charge in [0, 0.05) is 5.56 Å². The largest absolute Gasteiger partial charge is 0.453 e. The number of hydrogen-bond donors (Lipinski definition) is 0. The van der Waals surface area contributed by atoms with E-state index in [1.54, 1.807) is 18.2 Å². The van der Waals surface area contributed by atoms with Crippen LogP contribution in [0, 0.1) is 0 Å². The summed E-state index contributed by atoms with van der Waals surface area (Å²) in [6.45, 7) is 0. The van der Waals surface area contributed by atoms with Gasteiger partial charge in [0.15, 0.2) is 12.0 Å². The fraction of sp³-hybridized carbons (Fsp3) is 0.0833. The molecule has 0 unspecified atom stereocenters. The monoisotopic (exact) mass is 222 g/mol. The van der Waals surface area contributed by atoms with Crippen molar-refractivity contribution in [3.8, 4) is 11.3 Å². The molecule has 2 rings (SSSR count). The Balaban J connectivity index is 0.00000112. The second-order valence-corrected chi connectivity index (χ2v) is 3.21. The molecule has 0 aliphatic carbocycles. The average molecular weight is 223 g/mol. The Labute approximate surface area is 93.5 Å². The number of carbonyl (C=O) groups excluding carboxylic acids is 1. The van der Waals surface area contributed by atoms with Gasteiger partial charge in [-0.05, 0) is 24.3 Å². The van der Waals surface area contributed by atoms with Gasteiger partial charge in [-0.1, -0.05) is 31.2 Å². The molecule has 0 saturated carbocycles. The van der Waals surface area contributed by atoms with Crippen molar-refractivity contribution >= 4 is 17.9 Å². The maximum absolute atomic E-state index is 10.4. The van der Waals surface area contributed by atoms with Gasteiger partial charge in [-0.3, -0.25) is 4.79 Å². The lowest BCUT2D eigenvalue weighted by atomic mass is 10.2. The quantitative estimate of drug-likeness (QED) is 0.718. The highest BCUT2D eigenvalue weighted by Gasteiger charge is 2.06. The van der Waals surface area contributed by atoms with E-state index in [9.17, 15) is 4.79 Å². The second-order valence-electron chi connectivity index (χ2n) is 2.80. The van der Waals surface area contributed by atoms with Crippen LogP contribution < -0.4 is 0 Å². The molecule has 0 N–H and O–H groups in total. The maximum atomic E-state index is 10.4. The van der Waals surface area contributed by atoms with Crippen molar-refractivity contribution < 1.29 is 9.21 Å². The molecule has 0 saturated heterocycles. The molecule has 0 bridgehead atoms. The molecule has 0 aliphatic heterocycles. The van der Waals surface area contributed by atoms with Crippen molar-refractivity contribution in [2.24, 2.45) is 0 Å². The van der Waals surface area contributed by atoms with E-state index in [2.05, 4.69) is 0 Å². The predicted octanol–water partition coefficient (Wildman–Crippen LogP) is 4.05. The van der Waals surface area contributed by atoms with Gasteiger partial charge < -0.3 is 4.42 Å². The van der Waals surface area contributed by atoms with Crippen LogP contribution in [-0.4, -0.2) is 6.29 Å².